The molecule has 0 heterocycles. The summed E-state index contributed by atoms with van der Waals surface area (Å²) in [6.45, 7) is 1.73. The highest BCUT2D eigenvalue weighted by molar-refractivity contribution is 5.78. The second-order valence-electron chi connectivity index (χ2n) is 6.22. The van der Waals surface area contributed by atoms with E-state index in [1.807, 2.05) is 0 Å². The summed E-state index contributed by atoms with van der Waals surface area (Å²) in [7, 11) is 4.72. The first-order chi connectivity index (χ1) is 12.7. The average Bonchev–Trinajstić information content (AvgIpc) is 2.62. The van der Waals surface area contributed by atoms with Crippen molar-refractivity contribution in [2.75, 3.05) is 34.4 Å². The molecule has 0 rings (SSSR count). The lowest BCUT2D eigenvalue weighted by molar-refractivity contribution is -0.154. The standard InChI is InChI=1S/C17H32N4O6/c1-12(22)20-10-6-8-14(19-3)17(26)27-11-21(4)15(23)9-5-7-13(18-2)16(24)25/h13-14,18-19H,5-11H2,1-4H3,(H,20,22)(H,24,25)/t13-,14-/m0/s1. The second kappa shape index (κ2) is 13.9. The molecular formula is C17H32N4O6. The van der Waals surface area contributed by atoms with Crippen molar-refractivity contribution in [2.45, 2.75) is 51.1 Å². The molecule has 27 heavy (non-hydrogen) atoms. The van der Waals surface area contributed by atoms with Crippen molar-refractivity contribution in [3.05, 3.63) is 0 Å². The molecule has 2 amide bonds. The van der Waals surface area contributed by atoms with Gasteiger partial charge in [0.15, 0.2) is 6.73 Å². The largest absolute Gasteiger partial charge is 0.480 e. The Labute approximate surface area is 160 Å². The van der Waals surface area contributed by atoms with Crippen LogP contribution < -0.4 is 16.0 Å². The molecule has 0 unspecified atom stereocenters. The van der Waals surface area contributed by atoms with Gasteiger partial charge in [0.1, 0.15) is 12.1 Å². The first-order valence-corrected chi connectivity index (χ1v) is 8.95. The molecular weight excluding hydrogens is 356 g/mol. The van der Waals surface area contributed by atoms with Gasteiger partial charge >= 0.3 is 11.9 Å². The average molecular weight is 388 g/mol. The summed E-state index contributed by atoms with van der Waals surface area (Å²) in [5, 5.41) is 17.1. The minimum atomic E-state index is -0.955. The number of carbonyl (C=O) groups is 4. The summed E-state index contributed by atoms with van der Waals surface area (Å²) in [5.41, 5.74) is 0. The van der Waals surface area contributed by atoms with Gasteiger partial charge in [-0.15, -0.1) is 0 Å². The van der Waals surface area contributed by atoms with Crippen LogP contribution in [0.3, 0.4) is 0 Å². The Morgan fingerprint density at radius 2 is 1.63 bits per heavy atom. The Balaban J connectivity index is 4.15. The highest BCUT2D eigenvalue weighted by Crippen LogP contribution is 2.05. The van der Waals surface area contributed by atoms with E-state index in [1.165, 1.54) is 18.9 Å². The number of carboxylic acid groups (broad SMARTS) is 1. The molecule has 0 saturated carbocycles. The van der Waals surface area contributed by atoms with Crippen LogP contribution in [0.1, 0.15) is 39.0 Å². The molecule has 0 aliphatic heterocycles. The van der Waals surface area contributed by atoms with Crippen molar-refractivity contribution in [3.63, 3.8) is 0 Å². The molecule has 0 aliphatic rings. The predicted octanol–water partition coefficient (Wildman–Crippen LogP) is -0.707. The molecule has 0 fully saturated rings. The summed E-state index contributed by atoms with van der Waals surface area (Å²) in [6.07, 6.45) is 2.03. The van der Waals surface area contributed by atoms with Crippen LogP contribution in [0.4, 0.5) is 0 Å². The van der Waals surface area contributed by atoms with Crippen molar-refractivity contribution in [1.82, 2.24) is 20.9 Å². The number of carbonyl (C=O) groups excluding carboxylic acids is 3. The first kappa shape index (κ1) is 24.8. The number of amides is 2. The Morgan fingerprint density at radius 1 is 1.04 bits per heavy atom. The first-order valence-electron chi connectivity index (χ1n) is 8.95. The number of nitrogens with zero attached hydrogens (tertiary/aromatic N) is 1. The Bertz CT molecular complexity index is 500. The molecule has 10 heteroatoms. The van der Waals surface area contributed by atoms with Crippen LogP contribution in [0.15, 0.2) is 0 Å². The van der Waals surface area contributed by atoms with Gasteiger partial charge in [0, 0.05) is 26.9 Å². The van der Waals surface area contributed by atoms with E-state index in [1.54, 1.807) is 14.1 Å². The van der Waals surface area contributed by atoms with E-state index in [0.29, 0.717) is 32.2 Å². The minimum absolute atomic E-state index is 0.122. The topological polar surface area (TPSA) is 137 Å². The van der Waals surface area contributed by atoms with Gasteiger partial charge in [-0.1, -0.05) is 0 Å². The summed E-state index contributed by atoms with van der Waals surface area (Å²) < 4.78 is 5.15. The zero-order valence-electron chi connectivity index (χ0n) is 16.5. The molecule has 0 saturated heterocycles. The van der Waals surface area contributed by atoms with Gasteiger partial charge in [0.2, 0.25) is 11.8 Å². The van der Waals surface area contributed by atoms with E-state index in [9.17, 15) is 19.2 Å². The number of hydrogen-bond acceptors (Lipinski definition) is 7. The number of hydrogen-bond donors (Lipinski definition) is 4. The van der Waals surface area contributed by atoms with Crippen LogP contribution in [-0.4, -0.2) is 80.3 Å². The summed E-state index contributed by atoms with van der Waals surface area (Å²) >= 11 is 0. The van der Waals surface area contributed by atoms with E-state index in [4.69, 9.17) is 9.84 Å². The number of nitrogens with one attached hydrogen (secondary N) is 3. The van der Waals surface area contributed by atoms with Gasteiger partial charge in [-0.05, 0) is 39.8 Å². The van der Waals surface area contributed by atoms with Crippen molar-refractivity contribution in [1.29, 1.82) is 0 Å². The zero-order valence-corrected chi connectivity index (χ0v) is 16.5. The molecule has 156 valence electrons. The lowest BCUT2D eigenvalue weighted by atomic mass is 10.1. The molecule has 0 radical (unpaired) electrons. The SMILES string of the molecule is CN[C@@H](CCCC(=O)N(C)COC(=O)[C@H](CCCNC(C)=O)NC)C(=O)O. The molecule has 0 aromatic carbocycles. The van der Waals surface area contributed by atoms with Crippen molar-refractivity contribution >= 4 is 23.8 Å². The molecule has 0 aromatic heterocycles. The lowest BCUT2D eigenvalue weighted by Gasteiger charge is -2.20. The third-order valence-electron chi connectivity index (χ3n) is 4.03. The van der Waals surface area contributed by atoms with E-state index in [0.717, 1.165) is 0 Å². The number of rotatable bonds is 14. The van der Waals surface area contributed by atoms with Crippen LogP contribution in [0, 0.1) is 0 Å². The Kier molecular flexibility index (Phi) is 12.8. The van der Waals surface area contributed by atoms with Crippen LogP contribution in [-0.2, 0) is 23.9 Å². The van der Waals surface area contributed by atoms with Crippen molar-refractivity contribution < 1.29 is 29.0 Å². The van der Waals surface area contributed by atoms with Crippen LogP contribution >= 0.6 is 0 Å². The molecule has 10 nitrogen and oxygen atoms in total. The third-order valence-corrected chi connectivity index (χ3v) is 4.03. The van der Waals surface area contributed by atoms with Crippen molar-refractivity contribution in [2.24, 2.45) is 0 Å². The molecule has 0 bridgehead atoms. The van der Waals surface area contributed by atoms with Gasteiger partial charge in [-0.3, -0.25) is 19.2 Å². The molecule has 4 N–H and O–H groups in total. The van der Waals surface area contributed by atoms with Crippen LogP contribution in [0.5, 0.6) is 0 Å². The molecule has 0 spiro atoms. The predicted molar refractivity (Wildman–Crippen MR) is 98.8 cm³/mol. The maximum absolute atomic E-state index is 12.1. The summed E-state index contributed by atoms with van der Waals surface area (Å²) in [6, 6.07) is -1.20. The van der Waals surface area contributed by atoms with Gasteiger partial charge in [0.05, 0.1) is 0 Å². The van der Waals surface area contributed by atoms with Crippen LogP contribution in [0.2, 0.25) is 0 Å². The number of carboxylic acids is 1. The maximum atomic E-state index is 12.1. The fraction of sp³-hybridized carbons (Fsp3) is 0.765. The molecule has 0 aromatic rings. The third kappa shape index (κ3) is 11.2. The monoisotopic (exact) mass is 388 g/mol. The second-order valence-corrected chi connectivity index (χ2v) is 6.22. The summed E-state index contributed by atoms with van der Waals surface area (Å²) in [4.78, 5) is 47.1. The lowest BCUT2D eigenvalue weighted by Crippen LogP contribution is -2.39. The molecule has 0 aliphatic carbocycles. The van der Waals surface area contributed by atoms with Crippen molar-refractivity contribution in [3.8, 4) is 0 Å². The Hall–Kier alpha value is -2.20. The van der Waals surface area contributed by atoms with Crippen LogP contribution in [0.25, 0.3) is 0 Å². The van der Waals surface area contributed by atoms with E-state index < -0.39 is 24.0 Å². The van der Waals surface area contributed by atoms with Gasteiger partial charge in [-0.2, -0.15) is 0 Å². The maximum Gasteiger partial charge on any atom is 0.324 e. The number of likely N-dealkylation sites (N-methyl/N-ethyl adjacent to an activating group) is 2. The minimum Gasteiger partial charge on any atom is -0.480 e. The highest BCUT2D eigenvalue weighted by Gasteiger charge is 2.20. The number of esters is 1. The number of aliphatic carboxylic acids is 1. The smallest absolute Gasteiger partial charge is 0.324 e. The fourth-order valence-electron chi connectivity index (χ4n) is 2.32. The quantitative estimate of drug-likeness (QED) is 0.174. The zero-order chi connectivity index (χ0) is 20.8. The van der Waals surface area contributed by atoms with E-state index in [-0.39, 0.29) is 25.0 Å². The highest BCUT2D eigenvalue weighted by atomic mass is 16.5. The summed E-state index contributed by atoms with van der Waals surface area (Å²) in [5.74, 6) is -1.78. The van der Waals surface area contributed by atoms with Gasteiger partial charge in [0.25, 0.3) is 0 Å². The van der Waals surface area contributed by atoms with Gasteiger partial charge < -0.3 is 30.7 Å². The number of ether oxygens (including phenoxy) is 1. The van der Waals surface area contributed by atoms with Gasteiger partial charge in [-0.25, -0.2) is 0 Å². The van der Waals surface area contributed by atoms with E-state index in [2.05, 4.69) is 16.0 Å². The molecule has 2 atom stereocenters. The fourth-order valence-corrected chi connectivity index (χ4v) is 2.32. The van der Waals surface area contributed by atoms with E-state index >= 15 is 0 Å². The Morgan fingerprint density at radius 3 is 2.15 bits per heavy atom. The normalized spacial score (nSPS) is 12.7.